The van der Waals surface area contributed by atoms with Crippen molar-refractivity contribution in [3.05, 3.63) is 59.8 Å². The Morgan fingerprint density at radius 3 is 2.12 bits per heavy atom. The number of aromatic nitrogens is 1. The Morgan fingerprint density at radius 1 is 0.881 bits per heavy atom. The zero-order valence-electron chi connectivity index (χ0n) is 34.6. The Balaban J connectivity index is 1.30. The maximum atomic E-state index is 14.0. The van der Waals surface area contributed by atoms with Gasteiger partial charge < -0.3 is 39.6 Å². The van der Waals surface area contributed by atoms with Crippen molar-refractivity contribution >= 4 is 46.3 Å². The van der Waals surface area contributed by atoms with E-state index in [0.29, 0.717) is 92.8 Å². The number of piperidine rings is 2. The molecule has 3 aromatic rings. The van der Waals surface area contributed by atoms with E-state index < -0.39 is 36.0 Å². The predicted octanol–water partition coefficient (Wildman–Crippen LogP) is 7.33. The molecule has 5 rings (SSSR count). The third kappa shape index (κ3) is 13.0. The van der Waals surface area contributed by atoms with Gasteiger partial charge in [0.15, 0.2) is 0 Å². The number of anilines is 2. The van der Waals surface area contributed by atoms with E-state index in [2.05, 4.69) is 27.4 Å². The number of carbonyl (C=O) groups excluding carboxylic acids is 3. The number of aliphatic carboxylic acids is 1. The van der Waals surface area contributed by atoms with Crippen molar-refractivity contribution < 1.29 is 46.9 Å². The van der Waals surface area contributed by atoms with Crippen molar-refractivity contribution in [3.8, 4) is 11.8 Å². The van der Waals surface area contributed by atoms with Gasteiger partial charge in [0.05, 0.1) is 23.7 Å². The summed E-state index contributed by atoms with van der Waals surface area (Å²) in [6.07, 6.45) is -3.27. The number of hydrogen-bond acceptors (Lipinski definition) is 8. The van der Waals surface area contributed by atoms with Crippen LogP contribution in [0, 0.1) is 17.8 Å². The standard InChI is InChI=1S/C43H55F3N6O7/c1-41(2,3)58-39(56)50-24-18-31(19-25-50)48-35-10-7-11-36-34(35)27-33(52(36)28-43(44,45)46)9-8-21-51(40(57)59-42(4,5)6)32-14-12-29(13-15-32)37(53)47-20-26-49-22-16-30(17-23-49)38(54)55/h7,10-15,27,30-31,48H,16-26,28H2,1-6H3,(H,47,53)(H,54,55). The second-order valence-electron chi connectivity index (χ2n) is 17.0. The molecule has 3 N–H and O–H groups in total. The van der Waals surface area contributed by atoms with Crippen molar-refractivity contribution in [2.45, 2.75) is 97.2 Å². The van der Waals surface area contributed by atoms with Crippen molar-refractivity contribution in [3.63, 3.8) is 0 Å². The molecule has 0 bridgehead atoms. The fourth-order valence-electron chi connectivity index (χ4n) is 7.03. The summed E-state index contributed by atoms with van der Waals surface area (Å²) < 4.78 is 54.2. The summed E-state index contributed by atoms with van der Waals surface area (Å²) in [7, 11) is 0. The lowest BCUT2D eigenvalue weighted by molar-refractivity contribution is -0.143. The highest BCUT2D eigenvalue weighted by Crippen LogP contribution is 2.32. The maximum absolute atomic E-state index is 14.0. The van der Waals surface area contributed by atoms with E-state index in [9.17, 15) is 37.5 Å². The molecule has 16 heteroatoms. The van der Waals surface area contributed by atoms with Crippen LogP contribution in [0.15, 0.2) is 48.5 Å². The first-order valence-corrected chi connectivity index (χ1v) is 19.9. The first-order chi connectivity index (χ1) is 27.7. The molecular formula is C43H55F3N6O7. The highest BCUT2D eigenvalue weighted by atomic mass is 19.4. The van der Waals surface area contributed by atoms with Crippen LogP contribution < -0.4 is 15.5 Å². The number of carboxylic acid groups (broad SMARTS) is 1. The lowest BCUT2D eigenvalue weighted by Gasteiger charge is -2.34. The average molecular weight is 825 g/mol. The summed E-state index contributed by atoms with van der Waals surface area (Å²) in [5.41, 5.74) is 0.327. The number of hydrogen-bond donors (Lipinski definition) is 3. The van der Waals surface area contributed by atoms with Gasteiger partial charge in [-0.3, -0.25) is 14.5 Å². The largest absolute Gasteiger partial charge is 0.481 e. The minimum absolute atomic E-state index is 0.0329. The number of fused-ring (bicyclic) bond motifs is 1. The molecule has 0 saturated carbocycles. The van der Waals surface area contributed by atoms with Gasteiger partial charge in [-0.2, -0.15) is 13.2 Å². The molecule has 0 spiro atoms. The van der Waals surface area contributed by atoms with E-state index in [-0.39, 0.29) is 36.2 Å². The zero-order valence-corrected chi connectivity index (χ0v) is 34.6. The molecule has 2 aromatic carbocycles. The van der Waals surface area contributed by atoms with Gasteiger partial charge in [0.2, 0.25) is 0 Å². The molecule has 13 nitrogen and oxygen atoms in total. The van der Waals surface area contributed by atoms with Crippen LogP contribution in [0.2, 0.25) is 0 Å². The van der Waals surface area contributed by atoms with E-state index in [1.165, 1.54) is 4.90 Å². The number of benzene rings is 2. The Bertz CT molecular complexity index is 2030. The summed E-state index contributed by atoms with van der Waals surface area (Å²) in [4.78, 5) is 55.2. The van der Waals surface area contributed by atoms with E-state index in [1.54, 1.807) is 74.2 Å². The van der Waals surface area contributed by atoms with Gasteiger partial charge in [-0.05, 0) is 129 Å². The number of amides is 3. The van der Waals surface area contributed by atoms with E-state index in [0.717, 1.165) is 4.57 Å². The van der Waals surface area contributed by atoms with Gasteiger partial charge in [0, 0.05) is 54.5 Å². The quantitative estimate of drug-likeness (QED) is 0.179. The van der Waals surface area contributed by atoms with E-state index in [4.69, 9.17) is 9.47 Å². The monoisotopic (exact) mass is 824 g/mol. The fourth-order valence-corrected chi connectivity index (χ4v) is 7.03. The van der Waals surface area contributed by atoms with Crippen molar-refractivity contribution in [1.82, 2.24) is 19.7 Å². The SMILES string of the molecule is CC(C)(C)OC(=O)N1CCC(Nc2cccc3c2cc(C#CCN(C(=O)OC(C)(C)C)c2ccc(C(=O)NCCN4CCC(C(=O)O)CC4)cc2)n3CC(F)(F)F)CC1. The number of alkyl halides is 3. The van der Waals surface area contributed by atoms with Crippen LogP contribution in [-0.4, -0.2) is 113 Å². The van der Waals surface area contributed by atoms with Gasteiger partial charge in [0.1, 0.15) is 17.7 Å². The van der Waals surface area contributed by atoms with Crippen LogP contribution >= 0.6 is 0 Å². The predicted molar refractivity (Wildman–Crippen MR) is 218 cm³/mol. The number of rotatable bonds is 10. The summed E-state index contributed by atoms with van der Waals surface area (Å²) in [5, 5.41) is 16.1. The fraction of sp³-hybridized carbons (Fsp3) is 0.535. The lowest BCUT2D eigenvalue weighted by atomic mass is 9.97. The first kappa shape index (κ1) is 44.7. The molecular weight excluding hydrogens is 770 g/mol. The number of nitrogens with zero attached hydrogens (tertiary/aromatic N) is 4. The van der Waals surface area contributed by atoms with Crippen LogP contribution in [0.5, 0.6) is 0 Å². The smallest absolute Gasteiger partial charge is 0.415 e. The molecule has 0 atom stereocenters. The zero-order chi connectivity index (χ0) is 43.1. The highest BCUT2D eigenvalue weighted by Gasteiger charge is 2.31. The Labute approximate surface area is 343 Å². The molecule has 2 saturated heterocycles. The number of carboxylic acids is 1. The highest BCUT2D eigenvalue weighted by molar-refractivity contribution is 5.96. The maximum Gasteiger partial charge on any atom is 0.415 e. The third-order valence-electron chi connectivity index (χ3n) is 9.95. The summed E-state index contributed by atoms with van der Waals surface area (Å²) >= 11 is 0. The normalized spacial score (nSPS) is 15.9. The van der Waals surface area contributed by atoms with Gasteiger partial charge in [-0.1, -0.05) is 12.0 Å². The molecule has 2 aliphatic heterocycles. The number of carbonyl (C=O) groups is 4. The van der Waals surface area contributed by atoms with Crippen molar-refractivity contribution in [2.75, 3.05) is 56.0 Å². The van der Waals surface area contributed by atoms with Gasteiger partial charge in [-0.15, -0.1) is 0 Å². The molecule has 0 unspecified atom stereocenters. The molecule has 2 fully saturated rings. The number of ether oxygens (including phenoxy) is 2. The van der Waals surface area contributed by atoms with Crippen LogP contribution in [0.3, 0.4) is 0 Å². The molecule has 59 heavy (non-hydrogen) atoms. The number of halogens is 3. The van der Waals surface area contributed by atoms with E-state index >= 15 is 0 Å². The van der Waals surface area contributed by atoms with Crippen LogP contribution in [-0.2, 0) is 20.8 Å². The Morgan fingerprint density at radius 2 is 1.53 bits per heavy atom. The molecule has 1 aromatic heterocycles. The molecule has 3 amide bonds. The summed E-state index contributed by atoms with van der Waals surface area (Å²) in [6, 6.07) is 12.9. The second-order valence-corrected chi connectivity index (χ2v) is 17.0. The molecule has 0 radical (unpaired) electrons. The molecule has 320 valence electrons. The molecule has 0 aliphatic carbocycles. The molecule has 3 heterocycles. The number of nitrogens with one attached hydrogen (secondary N) is 2. The topological polar surface area (TPSA) is 146 Å². The van der Waals surface area contributed by atoms with E-state index in [1.807, 2.05) is 20.8 Å². The molecule has 2 aliphatic rings. The summed E-state index contributed by atoms with van der Waals surface area (Å²) in [6.45, 7) is 12.2. The van der Waals surface area contributed by atoms with Gasteiger partial charge in [-0.25, -0.2) is 9.59 Å². The second kappa shape index (κ2) is 18.7. The Kier molecular flexibility index (Phi) is 14.1. The third-order valence-corrected chi connectivity index (χ3v) is 9.95. The minimum atomic E-state index is -4.55. The van der Waals surface area contributed by atoms with Crippen molar-refractivity contribution in [2.24, 2.45) is 5.92 Å². The van der Waals surface area contributed by atoms with Crippen LogP contribution in [0.4, 0.5) is 34.1 Å². The average Bonchev–Trinajstić information content (AvgIpc) is 3.48. The lowest BCUT2D eigenvalue weighted by Crippen LogP contribution is -2.44. The summed E-state index contributed by atoms with van der Waals surface area (Å²) in [5.74, 6) is 4.34. The number of likely N-dealkylation sites (tertiary alicyclic amines) is 2. The van der Waals surface area contributed by atoms with Crippen LogP contribution in [0.25, 0.3) is 10.9 Å². The van der Waals surface area contributed by atoms with Crippen LogP contribution in [0.1, 0.15) is 83.3 Å². The minimum Gasteiger partial charge on any atom is -0.481 e. The Hall–Kier alpha value is -5.43. The first-order valence-electron chi connectivity index (χ1n) is 19.9. The van der Waals surface area contributed by atoms with Gasteiger partial charge >= 0.3 is 24.3 Å². The van der Waals surface area contributed by atoms with Gasteiger partial charge in [0.25, 0.3) is 5.91 Å². The van der Waals surface area contributed by atoms with Crippen molar-refractivity contribution in [1.29, 1.82) is 0 Å².